The lowest BCUT2D eigenvalue weighted by atomic mass is 9.92. The minimum Gasteiger partial charge on any atom is -0.356 e. The summed E-state index contributed by atoms with van der Waals surface area (Å²) in [4.78, 5) is 35.9. The highest BCUT2D eigenvalue weighted by molar-refractivity contribution is 6.29. The van der Waals surface area contributed by atoms with E-state index in [9.17, 15) is 18.4 Å². The molecule has 8 nitrogen and oxygen atoms in total. The number of aromatic nitrogens is 3. The van der Waals surface area contributed by atoms with E-state index in [1.54, 1.807) is 30.3 Å². The molecule has 1 N–H and O–H groups in total. The Morgan fingerprint density at radius 2 is 1.88 bits per heavy atom. The molecule has 1 aromatic carbocycles. The summed E-state index contributed by atoms with van der Waals surface area (Å²) < 4.78 is 32.3. The predicted octanol–water partition coefficient (Wildman–Crippen LogP) is 4.14. The van der Waals surface area contributed by atoms with Crippen LogP contribution in [0.1, 0.15) is 37.4 Å². The summed E-state index contributed by atoms with van der Waals surface area (Å²) in [7, 11) is 0. The van der Waals surface area contributed by atoms with E-state index in [0.29, 0.717) is 11.4 Å². The maximum Gasteiger partial charge on any atom is 0.249 e. The molecule has 3 aromatic rings. The van der Waals surface area contributed by atoms with Gasteiger partial charge in [0.25, 0.3) is 0 Å². The number of nitrogens with one attached hydrogen (secondary N) is 1. The number of halogens is 3. The van der Waals surface area contributed by atoms with Gasteiger partial charge in [0.15, 0.2) is 11.8 Å². The monoisotopic (exact) mass is 489 g/mol. The topological polar surface area (TPSA) is 101 Å². The molecular formula is C23H22ClF2N5O3. The van der Waals surface area contributed by atoms with Crippen molar-refractivity contribution in [1.82, 2.24) is 20.4 Å². The highest BCUT2D eigenvalue weighted by atomic mass is 35.5. The van der Waals surface area contributed by atoms with Crippen molar-refractivity contribution < 1.29 is 22.9 Å². The van der Waals surface area contributed by atoms with Crippen molar-refractivity contribution in [3.8, 4) is 11.3 Å². The van der Waals surface area contributed by atoms with Crippen LogP contribution in [-0.2, 0) is 9.59 Å². The lowest BCUT2D eigenvalue weighted by Crippen LogP contribution is -2.49. The summed E-state index contributed by atoms with van der Waals surface area (Å²) in [6, 6.07) is 6.81. The van der Waals surface area contributed by atoms with Crippen LogP contribution in [0.5, 0.6) is 0 Å². The summed E-state index contributed by atoms with van der Waals surface area (Å²) in [6.07, 6.45) is 5.43. The molecule has 2 amide bonds. The van der Waals surface area contributed by atoms with Crippen LogP contribution in [-0.4, -0.2) is 44.8 Å². The molecular weight excluding hydrogens is 468 g/mol. The summed E-state index contributed by atoms with van der Waals surface area (Å²) in [5.74, 6) is -3.65. The average Bonchev–Trinajstić information content (AvgIpc) is 3.39. The second kappa shape index (κ2) is 10.3. The normalized spacial score (nSPS) is 16.6. The molecule has 178 valence electrons. The molecule has 2 heterocycles. The van der Waals surface area contributed by atoms with Crippen LogP contribution in [0.2, 0.25) is 0 Å². The number of nitrogens with zero attached hydrogens (tertiary/aromatic N) is 4. The fourth-order valence-electron chi connectivity index (χ4n) is 3.95. The van der Waals surface area contributed by atoms with Crippen LogP contribution in [0.3, 0.4) is 0 Å². The van der Waals surface area contributed by atoms with Crippen molar-refractivity contribution in [2.75, 3.05) is 10.8 Å². The zero-order chi connectivity index (χ0) is 24.1. The number of hydrogen-bond acceptors (Lipinski definition) is 6. The largest absolute Gasteiger partial charge is 0.356 e. The lowest BCUT2D eigenvalue weighted by Gasteiger charge is -2.33. The molecule has 2 aromatic heterocycles. The molecule has 0 radical (unpaired) electrons. The fraction of sp³-hybridized carbons (Fsp3) is 0.348. The minimum absolute atomic E-state index is 0.140. The van der Waals surface area contributed by atoms with Crippen molar-refractivity contribution in [2.24, 2.45) is 0 Å². The molecule has 1 fully saturated rings. The van der Waals surface area contributed by atoms with Crippen molar-refractivity contribution in [2.45, 2.75) is 43.7 Å². The maximum atomic E-state index is 13.6. The van der Waals surface area contributed by atoms with E-state index in [-0.39, 0.29) is 37.3 Å². The average molecular weight is 490 g/mol. The molecule has 0 spiro atoms. The number of benzene rings is 1. The van der Waals surface area contributed by atoms with Crippen LogP contribution in [0.4, 0.5) is 14.5 Å². The number of amides is 2. The van der Waals surface area contributed by atoms with Crippen molar-refractivity contribution in [3.63, 3.8) is 0 Å². The SMILES string of the molecule is O=C(NC1CCC(F)(F)CC1)[C@H](c1cnccn1)N(C(=O)CCl)c1ccc(-c2ccno2)cc1. The molecule has 1 saturated carbocycles. The van der Waals surface area contributed by atoms with Crippen LogP contribution in [0.15, 0.2) is 59.6 Å². The van der Waals surface area contributed by atoms with Gasteiger partial charge in [-0.2, -0.15) is 0 Å². The van der Waals surface area contributed by atoms with E-state index in [1.165, 1.54) is 29.7 Å². The molecule has 0 unspecified atom stereocenters. The number of alkyl halides is 3. The van der Waals surface area contributed by atoms with Crippen LogP contribution >= 0.6 is 11.6 Å². The molecule has 1 aliphatic rings. The van der Waals surface area contributed by atoms with Crippen molar-refractivity contribution in [3.05, 3.63) is 60.8 Å². The number of hydrogen-bond donors (Lipinski definition) is 1. The van der Waals surface area contributed by atoms with E-state index in [0.717, 1.165) is 5.56 Å². The number of carbonyl (C=O) groups excluding carboxylic acids is 2. The fourth-order valence-corrected chi connectivity index (χ4v) is 4.08. The van der Waals surface area contributed by atoms with Crippen molar-refractivity contribution >= 4 is 29.1 Å². The first-order valence-corrected chi connectivity index (χ1v) is 11.2. The van der Waals surface area contributed by atoms with Crippen molar-refractivity contribution in [1.29, 1.82) is 0 Å². The standard InChI is InChI=1S/C23H22ClF2N5O3/c24-13-20(32)31(17-3-1-15(2-4-17)19-7-10-29-34-19)21(18-14-27-11-12-28-18)22(33)30-16-5-8-23(25,26)9-6-16/h1-4,7,10-12,14,16,21H,5-6,8-9,13H2,(H,30,33)/t21-/m0/s1. The van der Waals surface area contributed by atoms with Gasteiger partial charge in [-0.05, 0) is 37.1 Å². The first-order chi connectivity index (χ1) is 16.4. The van der Waals surface area contributed by atoms with E-state index in [4.69, 9.17) is 16.1 Å². The smallest absolute Gasteiger partial charge is 0.249 e. The van der Waals surface area contributed by atoms with Gasteiger partial charge >= 0.3 is 0 Å². The van der Waals surface area contributed by atoms with Gasteiger partial charge < -0.3 is 9.84 Å². The van der Waals surface area contributed by atoms with E-state index in [1.807, 2.05) is 0 Å². The second-order valence-electron chi connectivity index (χ2n) is 7.99. The third-order valence-electron chi connectivity index (χ3n) is 5.68. The Hall–Kier alpha value is -3.40. The molecule has 0 bridgehead atoms. The van der Waals surface area contributed by atoms with Crippen LogP contribution in [0.25, 0.3) is 11.3 Å². The first-order valence-electron chi connectivity index (χ1n) is 10.7. The van der Waals surface area contributed by atoms with Crippen LogP contribution < -0.4 is 10.2 Å². The third kappa shape index (κ3) is 5.39. The summed E-state index contributed by atoms with van der Waals surface area (Å²) >= 11 is 5.90. The third-order valence-corrected chi connectivity index (χ3v) is 5.91. The maximum absolute atomic E-state index is 13.6. The van der Waals surface area contributed by atoms with E-state index < -0.39 is 29.8 Å². The zero-order valence-corrected chi connectivity index (χ0v) is 18.8. The van der Waals surface area contributed by atoms with Gasteiger partial charge in [-0.3, -0.25) is 24.5 Å². The van der Waals surface area contributed by atoms with Gasteiger partial charge in [0.05, 0.1) is 18.1 Å². The van der Waals surface area contributed by atoms with Gasteiger partial charge in [-0.15, -0.1) is 11.6 Å². The molecule has 11 heteroatoms. The Balaban J connectivity index is 1.65. The molecule has 0 aliphatic heterocycles. The Morgan fingerprint density at radius 1 is 1.15 bits per heavy atom. The summed E-state index contributed by atoms with van der Waals surface area (Å²) in [5.41, 5.74) is 1.34. The Labute approximate surface area is 199 Å². The zero-order valence-electron chi connectivity index (χ0n) is 18.0. The molecule has 1 atom stereocenters. The van der Waals surface area contributed by atoms with Gasteiger partial charge in [-0.25, -0.2) is 8.78 Å². The second-order valence-corrected chi connectivity index (χ2v) is 8.26. The summed E-state index contributed by atoms with van der Waals surface area (Å²) in [6.45, 7) is 0. The number of rotatable bonds is 7. The highest BCUT2D eigenvalue weighted by Crippen LogP contribution is 2.34. The van der Waals surface area contributed by atoms with E-state index >= 15 is 0 Å². The lowest BCUT2D eigenvalue weighted by molar-refractivity contribution is -0.127. The van der Waals surface area contributed by atoms with E-state index in [2.05, 4.69) is 20.4 Å². The summed E-state index contributed by atoms with van der Waals surface area (Å²) in [5, 5.41) is 6.50. The van der Waals surface area contributed by atoms with Gasteiger partial charge in [0.2, 0.25) is 17.7 Å². The quantitative estimate of drug-likeness (QED) is 0.500. The van der Waals surface area contributed by atoms with Gasteiger partial charge in [-0.1, -0.05) is 5.16 Å². The Morgan fingerprint density at radius 3 is 2.47 bits per heavy atom. The predicted molar refractivity (Wildman–Crippen MR) is 120 cm³/mol. The molecule has 34 heavy (non-hydrogen) atoms. The number of anilines is 1. The molecule has 1 aliphatic carbocycles. The first kappa shape index (κ1) is 23.7. The van der Waals surface area contributed by atoms with Gasteiger partial charge in [0, 0.05) is 48.6 Å². The Kier molecular flexibility index (Phi) is 7.16. The van der Waals surface area contributed by atoms with Gasteiger partial charge in [0.1, 0.15) is 5.88 Å². The molecule has 4 rings (SSSR count). The molecule has 0 saturated heterocycles. The Bertz CT molecular complexity index is 1100. The number of carbonyl (C=O) groups is 2. The van der Waals surface area contributed by atoms with Crippen LogP contribution in [0, 0.1) is 0 Å². The highest BCUT2D eigenvalue weighted by Gasteiger charge is 2.38. The minimum atomic E-state index is -2.72.